The third-order valence-corrected chi connectivity index (χ3v) is 5.31. The monoisotopic (exact) mass is 291 g/mol. The van der Waals surface area contributed by atoms with E-state index >= 15 is 0 Å². The van der Waals surface area contributed by atoms with Gasteiger partial charge in [0.25, 0.3) is 0 Å². The van der Waals surface area contributed by atoms with Crippen molar-refractivity contribution in [3.8, 4) is 0 Å². The zero-order chi connectivity index (χ0) is 14.0. The Morgan fingerprint density at radius 1 is 1.37 bits per heavy atom. The van der Waals surface area contributed by atoms with Crippen molar-refractivity contribution in [2.75, 3.05) is 13.7 Å². The maximum atomic E-state index is 12.0. The van der Waals surface area contributed by atoms with Gasteiger partial charge in [0.2, 0.25) is 0 Å². The zero-order valence-electron chi connectivity index (χ0n) is 11.3. The second-order valence-corrected chi connectivity index (χ2v) is 6.84. The Labute approximate surface area is 113 Å². The van der Waals surface area contributed by atoms with Gasteiger partial charge in [0, 0.05) is 25.2 Å². The summed E-state index contributed by atoms with van der Waals surface area (Å²) in [6, 6.07) is 0.721. The summed E-state index contributed by atoms with van der Waals surface area (Å²) in [5.74, 6) is 0. The molecule has 0 saturated carbocycles. The number of hydrogen-bond acceptors (Lipinski definition) is 5. The molecule has 8 heteroatoms. The minimum absolute atomic E-state index is 0.0642. The molecule has 19 heavy (non-hydrogen) atoms. The molecule has 0 aliphatic carbocycles. The third kappa shape index (κ3) is 3.37. The van der Waals surface area contributed by atoms with E-state index in [0.29, 0.717) is 12.1 Å². The Morgan fingerprint density at radius 2 is 1.95 bits per heavy atom. The Balaban J connectivity index is 1.98. The van der Waals surface area contributed by atoms with E-state index in [-0.39, 0.29) is 12.6 Å². The number of ether oxygens (including phenoxy) is 1. The maximum absolute atomic E-state index is 12.0. The molecule has 2 saturated heterocycles. The number of nitrogens with zero attached hydrogens (tertiary/aromatic N) is 1. The lowest BCUT2D eigenvalue weighted by atomic mass is 10.0. The number of piperidine rings is 1. The van der Waals surface area contributed by atoms with Crippen LogP contribution >= 0.6 is 0 Å². The Morgan fingerprint density at radius 3 is 2.47 bits per heavy atom. The molecule has 2 bridgehead atoms. The Bertz CT molecular complexity index is 427. The first-order chi connectivity index (χ1) is 8.92. The topological polar surface area (TPSA) is 87.7 Å². The molecule has 2 rings (SSSR count). The van der Waals surface area contributed by atoms with Crippen LogP contribution in [-0.2, 0) is 14.9 Å². The highest BCUT2D eigenvalue weighted by Crippen LogP contribution is 2.29. The van der Waals surface area contributed by atoms with Gasteiger partial charge >= 0.3 is 16.3 Å². The molecule has 0 radical (unpaired) electrons. The summed E-state index contributed by atoms with van der Waals surface area (Å²) >= 11 is 0. The van der Waals surface area contributed by atoms with Gasteiger partial charge in [-0.3, -0.25) is 0 Å². The van der Waals surface area contributed by atoms with E-state index in [9.17, 15) is 13.2 Å². The Kier molecular flexibility index (Phi) is 4.32. The minimum Gasteiger partial charge on any atom is -0.449 e. The molecule has 2 heterocycles. The first-order valence-electron chi connectivity index (χ1n) is 6.61. The quantitative estimate of drug-likeness (QED) is 0.772. The van der Waals surface area contributed by atoms with E-state index in [2.05, 4.69) is 10.1 Å². The molecule has 2 aliphatic rings. The molecular formula is C11H21N3O4S. The van der Waals surface area contributed by atoms with E-state index < -0.39 is 16.3 Å². The number of nitrogens with one attached hydrogen (secondary N) is 2. The largest absolute Gasteiger partial charge is 0.449 e. The lowest BCUT2D eigenvalue weighted by Gasteiger charge is -2.34. The van der Waals surface area contributed by atoms with Gasteiger partial charge in [-0.1, -0.05) is 0 Å². The van der Waals surface area contributed by atoms with E-state index in [4.69, 9.17) is 0 Å². The van der Waals surface area contributed by atoms with Crippen molar-refractivity contribution in [1.29, 1.82) is 0 Å². The summed E-state index contributed by atoms with van der Waals surface area (Å²) in [5, 5.41) is 3.45. The van der Waals surface area contributed by atoms with Crippen LogP contribution in [0, 0.1) is 0 Å². The number of carbonyl (C=O) groups is 1. The Hall–Kier alpha value is -0.860. The molecule has 0 aromatic heterocycles. The molecule has 0 aromatic rings. The number of carbonyl (C=O) groups excluding carboxylic acids is 1. The van der Waals surface area contributed by atoms with Crippen molar-refractivity contribution in [2.24, 2.45) is 0 Å². The SMILES string of the molecule is CCOC(=O)NS(=O)(=O)N(C)C1CC2CCC(C1)N2. The highest BCUT2D eigenvalue weighted by molar-refractivity contribution is 7.87. The fourth-order valence-corrected chi connectivity index (χ4v) is 3.84. The van der Waals surface area contributed by atoms with E-state index in [1.807, 2.05) is 4.72 Å². The lowest BCUT2D eigenvalue weighted by molar-refractivity contribution is 0.157. The maximum Gasteiger partial charge on any atom is 0.421 e. The summed E-state index contributed by atoms with van der Waals surface area (Å²) < 4.78 is 31.9. The fraction of sp³-hybridized carbons (Fsp3) is 0.909. The smallest absolute Gasteiger partial charge is 0.421 e. The first-order valence-corrected chi connectivity index (χ1v) is 8.05. The predicted octanol–water partition coefficient (Wildman–Crippen LogP) is 0.192. The number of hydrogen-bond donors (Lipinski definition) is 2. The van der Waals surface area contributed by atoms with Crippen LogP contribution in [0.1, 0.15) is 32.6 Å². The highest BCUT2D eigenvalue weighted by atomic mass is 32.2. The van der Waals surface area contributed by atoms with E-state index in [1.54, 1.807) is 6.92 Å². The van der Waals surface area contributed by atoms with Gasteiger partial charge < -0.3 is 10.1 Å². The van der Waals surface area contributed by atoms with Gasteiger partial charge in [0.05, 0.1) is 6.61 Å². The van der Waals surface area contributed by atoms with Gasteiger partial charge in [-0.25, -0.2) is 9.52 Å². The van der Waals surface area contributed by atoms with Crippen molar-refractivity contribution in [3.05, 3.63) is 0 Å². The molecule has 0 spiro atoms. The van der Waals surface area contributed by atoms with Gasteiger partial charge in [0.15, 0.2) is 0 Å². The third-order valence-electron chi connectivity index (χ3n) is 3.83. The van der Waals surface area contributed by atoms with Crippen LogP contribution in [0.5, 0.6) is 0 Å². The van der Waals surface area contributed by atoms with Crippen molar-refractivity contribution >= 4 is 16.3 Å². The van der Waals surface area contributed by atoms with Crippen LogP contribution < -0.4 is 10.0 Å². The van der Waals surface area contributed by atoms with Crippen LogP contribution in [0.2, 0.25) is 0 Å². The van der Waals surface area contributed by atoms with Gasteiger partial charge in [-0.05, 0) is 32.6 Å². The summed E-state index contributed by atoms with van der Waals surface area (Å²) in [5.41, 5.74) is 0. The van der Waals surface area contributed by atoms with Crippen LogP contribution in [-0.4, -0.2) is 50.6 Å². The van der Waals surface area contributed by atoms with Crippen molar-refractivity contribution in [3.63, 3.8) is 0 Å². The molecule has 2 atom stereocenters. The average molecular weight is 291 g/mol. The first kappa shape index (κ1) is 14.5. The standard InChI is InChI=1S/C11H21N3O4S/c1-3-18-11(15)13-19(16,17)14(2)10-6-8-4-5-9(7-10)12-8/h8-10,12H,3-7H2,1-2H3,(H,13,15). The highest BCUT2D eigenvalue weighted by Gasteiger charge is 2.38. The fourth-order valence-electron chi connectivity index (χ4n) is 2.86. The molecular weight excluding hydrogens is 270 g/mol. The van der Waals surface area contributed by atoms with Crippen molar-refractivity contribution in [1.82, 2.24) is 14.3 Å². The molecule has 0 aromatic carbocycles. The molecule has 2 N–H and O–H groups in total. The van der Waals surface area contributed by atoms with Gasteiger partial charge in [-0.15, -0.1) is 0 Å². The van der Waals surface area contributed by atoms with Crippen LogP contribution in [0.25, 0.3) is 0 Å². The summed E-state index contributed by atoms with van der Waals surface area (Å²) in [6.07, 6.45) is 2.85. The average Bonchev–Trinajstić information content (AvgIpc) is 2.67. The molecule has 110 valence electrons. The lowest BCUT2D eigenvalue weighted by Crippen LogP contribution is -2.52. The number of rotatable bonds is 4. The van der Waals surface area contributed by atoms with Crippen molar-refractivity contribution in [2.45, 2.75) is 50.7 Å². The van der Waals surface area contributed by atoms with Crippen LogP contribution in [0.4, 0.5) is 4.79 Å². The number of amides is 1. The summed E-state index contributed by atoms with van der Waals surface area (Å²) in [6.45, 7) is 1.77. The molecule has 2 unspecified atom stereocenters. The second kappa shape index (κ2) is 5.64. The molecule has 7 nitrogen and oxygen atoms in total. The predicted molar refractivity (Wildman–Crippen MR) is 69.8 cm³/mol. The summed E-state index contributed by atoms with van der Waals surface area (Å²) in [4.78, 5) is 11.2. The van der Waals surface area contributed by atoms with Gasteiger partial charge in [0.1, 0.15) is 0 Å². The molecule has 2 fully saturated rings. The molecule has 1 amide bonds. The van der Waals surface area contributed by atoms with Gasteiger partial charge in [-0.2, -0.15) is 12.7 Å². The minimum atomic E-state index is -3.82. The summed E-state index contributed by atoms with van der Waals surface area (Å²) in [7, 11) is -2.31. The number of fused-ring (bicyclic) bond motifs is 2. The van der Waals surface area contributed by atoms with Crippen molar-refractivity contribution < 1.29 is 17.9 Å². The van der Waals surface area contributed by atoms with E-state index in [1.165, 1.54) is 11.4 Å². The molecule has 2 aliphatic heterocycles. The van der Waals surface area contributed by atoms with Crippen LogP contribution in [0.3, 0.4) is 0 Å². The zero-order valence-corrected chi connectivity index (χ0v) is 12.1. The van der Waals surface area contributed by atoms with Crippen LogP contribution in [0.15, 0.2) is 0 Å². The van der Waals surface area contributed by atoms with E-state index in [0.717, 1.165) is 25.7 Å². The second-order valence-electron chi connectivity index (χ2n) is 5.11. The normalized spacial score (nSPS) is 30.4.